The van der Waals surface area contributed by atoms with Gasteiger partial charge in [-0.1, -0.05) is 80.3 Å². The van der Waals surface area contributed by atoms with Crippen molar-refractivity contribution in [2.45, 2.75) is 50.5 Å². The Kier molecular flexibility index (Phi) is 9.52. The molecular formula is C29H37ClN2O2. The molecule has 2 atom stereocenters. The Morgan fingerprint density at radius 3 is 2.32 bits per heavy atom. The first-order valence-corrected chi connectivity index (χ1v) is 12.5. The van der Waals surface area contributed by atoms with Gasteiger partial charge in [0.05, 0.1) is 12.7 Å². The van der Waals surface area contributed by atoms with Gasteiger partial charge in [0.25, 0.3) is 0 Å². The van der Waals surface area contributed by atoms with Crippen LogP contribution in [0.15, 0.2) is 66.9 Å². The van der Waals surface area contributed by atoms with Gasteiger partial charge in [0, 0.05) is 34.8 Å². The van der Waals surface area contributed by atoms with E-state index >= 15 is 0 Å². The molecule has 0 saturated heterocycles. The summed E-state index contributed by atoms with van der Waals surface area (Å²) in [7, 11) is 5.74. The van der Waals surface area contributed by atoms with Crippen LogP contribution in [0.3, 0.4) is 0 Å². The number of rotatable bonds is 12. The van der Waals surface area contributed by atoms with Crippen molar-refractivity contribution in [1.29, 1.82) is 0 Å². The molecule has 1 aromatic heterocycles. The van der Waals surface area contributed by atoms with E-state index in [0.29, 0.717) is 23.7 Å². The second-order valence-corrected chi connectivity index (χ2v) is 9.72. The summed E-state index contributed by atoms with van der Waals surface area (Å²) in [6.07, 6.45) is 6.35. The third kappa shape index (κ3) is 6.59. The lowest BCUT2D eigenvalue weighted by molar-refractivity contribution is -0.00166. The Morgan fingerprint density at radius 1 is 1.00 bits per heavy atom. The second kappa shape index (κ2) is 12.3. The lowest BCUT2D eigenvalue weighted by Gasteiger charge is -2.38. The van der Waals surface area contributed by atoms with Gasteiger partial charge in [0.2, 0.25) is 5.88 Å². The molecule has 0 aliphatic heterocycles. The van der Waals surface area contributed by atoms with E-state index in [-0.39, 0.29) is 5.92 Å². The zero-order valence-electron chi connectivity index (χ0n) is 20.8. The number of pyridine rings is 1. The van der Waals surface area contributed by atoms with Crippen molar-refractivity contribution in [2.24, 2.45) is 0 Å². The van der Waals surface area contributed by atoms with Crippen molar-refractivity contribution in [3.63, 3.8) is 0 Å². The molecule has 0 spiro atoms. The van der Waals surface area contributed by atoms with Crippen molar-refractivity contribution in [3.05, 3.63) is 83.0 Å². The van der Waals surface area contributed by atoms with Crippen molar-refractivity contribution in [3.8, 4) is 17.0 Å². The fourth-order valence-corrected chi connectivity index (χ4v) is 4.71. The summed E-state index contributed by atoms with van der Waals surface area (Å²) in [5, 5.41) is 13.0. The third-order valence-corrected chi connectivity index (χ3v) is 6.69. The molecule has 5 heteroatoms. The molecule has 4 nitrogen and oxygen atoms in total. The number of methoxy groups -OCH3 is 1. The maximum Gasteiger partial charge on any atom is 0.216 e. The fourth-order valence-electron chi connectivity index (χ4n) is 4.58. The van der Waals surface area contributed by atoms with Crippen LogP contribution in [0.1, 0.15) is 56.1 Å². The topological polar surface area (TPSA) is 45.6 Å². The number of aliphatic hydroxyl groups is 1. The number of benzene rings is 2. The quantitative estimate of drug-likeness (QED) is 0.289. The summed E-state index contributed by atoms with van der Waals surface area (Å²) in [5.41, 5.74) is 3.01. The number of halogens is 1. The second-order valence-electron chi connectivity index (χ2n) is 9.29. The largest absolute Gasteiger partial charge is 0.481 e. The number of aromatic nitrogens is 1. The number of hydrogen-bond acceptors (Lipinski definition) is 4. The van der Waals surface area contributed by atoms with Crippen LogP contribution in [-0.4, -0.2) is 48.3 Å². The minimum absolute atomic E-state index is 0.278. The van der Waals surface area contributed by atoms with Gasteiger partial charge in [-0.2, -0.15) is 0 Å². The van der Waals surface area contributed by atoms with Gasteiger partial charge in [-0.05, 0) is 56.3 Å². The molecule has 0 aliphatic carbocycles. The highest BCUT2D eigenvalue weighted by Crippen LogP contribution is 2.44. The molecule has 1 N–H and O–H groups in total. The van der Waals surface area contributed by atoms with Gasteiger partial charge in [-0.25, -0.2) is 4.98 Å². The highest BCUT2D eigenvalue weighted by atomic mass is 35.5. The number of unbranched alkanes of at least 4 members (excludes halogenated alkanes) is 2. The van der Waals surface area contributed by atoms with E-state index in [1.165, 1.54) is 0 Å². The first-order valence-electron chi connectivity index (χ1n) is 12.1. The lowest BCUT2D eigenvalue weighted by atomic mass is 9.72. The SMILES string of the molecule is CCCCC[C@](O)(CCN(C)C)[C@H](c1ccccc1)c1cc(-c2ccc(Cl)cc2)cnc1OC. The van der Waals surface area contributed by atoms with Crippen molar-refractivity contribution in [2.75, 3.05) is 27.7 Å². The fraction of sp³-hybridized carbons (Fsp3) is 0.414. The van der Waals surface area contributed by atoms with Crippen LogP contribution in [0.5, 0.6) is 5.88 Å². The predicted molar refractivity (Wildman–Crippen MR) is 142 cm³/mol. The maximum absolute atomic E-state index is 12.3. The summed E-state index contributed by atoms with van der Waals surface area (Å²) in [6.45, 7) is 2.98. The van der Waals surface area contributed by atoms with Crippen LogP contribution in [0, 0.1) is 0 Å². The molecule has 0 unspecified atom stereocenters. The normalized spacial score (nSPS) is 14.1. The molecule has 1 heterocycles. The van der Waals surface area contributed by atoms with E-state index < -0.39 is 5.60 Å². The standard InChI is InChI=1S/C29H37ClN2O2/c1-5-6-10-17-29(33,18-19-32(2)3)27(23-11-8-7-9-12-23)26-20-24(21-31-28(26)34-4)22-13-15-25(30)16-14-22/h7-9,11-16,20-21,27,33H,5-6,10,17-19H2,1-4H3/t27-,29+/m1/s1. The van der Waals surface area contributed by atoms with Crippen LogP contribution >= 0.6 is 11.6 Å². The first-order chi connectivity index (χ1) is 16.4. The maximum atomic E-state index is 12.3. The van der Waals surface area contributed by atoms with Crippen molar-refractivity contribution in [1.82, 2.24) is 9.88 Å². The molecule has 3 rings (SSSR count). The minimum Gasteiger partial charge on any atom is -0.481 e. The molecular weight excluding hydrogens is 444 g/mol. The lowest BCUT2D eigenvalue weighted by Crippen LogP contribution is -2.40. The van der Waals surface area contributed by atoms with E-state index in [2.05, 4.69) is 35.0 Å². The zero-order chi connectivity index (χ0) is 24.6. The summed E-state index contributed by atoms with van der Waals surface area (Å²) < 4.78 is 5.75. The van der Waals surface area contributed by atoms with Crippen LogP contribution in [0.2, 0.25) is 5.02 Å². The Balaban J connectivity index is 2.17. The Hall–Kier alpha value is -2.40. The monoisotopic (exact) mass is 480 g/mol. The predicted octanol–water partition coefficient (Wildman–Crippen LogP) is 6.81. The van der Waals surface area contributed by atoms with E-state index in [4.69, 9.17) is 16.3 Å². The molecule has 0 aliphatic rings. The molecule has 0 radical (unpaired) electrons. The van der Waals surface area contributed by atoms with E-state index in [1.807, 2.05) is 62.8 Å². The molecule has 34 heavy (non-hydrogen) atoms. The summed E-state index contributed by atoms with van der Waals surface area (Å²) >= 11 is 6.12. The van der Waals surface area contributed by atoms with E-state index in [9.17, 15) is 5.11 Å². The smallest absolute Gasteiger partial charge is 0.216 e. The van der Waals surface area contributed by atoms with Gasteiger partial charge in [0.15, 0.2) is 0 Å². The molecule has 2 aromatic carbocycles. The van der Waals surface area contributed by atoms with Gasteiger partial charge in [-0.3, -0.25) is 0 Å². The van der Waals surface area contributed by atoms with Crippen molar-refractivity contribution >= 4 is 11.6 Å². The molecule has 0 saturated carbocycles. The highest BCUT2D eigenvalue weighted by molar-refractivity contribution is 6.30. The van der Waals surface area contributed by atoms with Crippen molar-refractivity contribution < 1.29 is 9.84 Å². The van der Waals surface area contributed by atoms with Gasteiger partial charge >= 0.3 is 0 Å². The van der Waals surface area contributed by atoms with E-state index in [0.717, 1.165) is 48.1 Å². The number of ether oxygens (including phenoxy) is 1. The third-order valence-electron chi connectivity index (χ3n) is 6.44. The summed E-state index contributed by atoms with van der Waals surface area (Å²) in [4.78, 5) is 6.80. The Morgan fingerprint density at radius 2 is 1.71 bits per heavy atom. The number of hydrogen-bond donors (Lipinski definition) is 1. The highest BCUT2D eigenvalue weighted by Gasteiger charge is 2.40. The Bertz CT molecular complexity index is 1020. The molecule has 182 valence electrons. The summed E-state index contributed by atoms with van der Waals surface area (Å²) in [5.74, 6) is 0.269. The van der Waals surface area contributed by atoms with Crippen LogP contribution in [-0.2, 0) is 0 Å². The van der Waals surface area contributed by atoms with Crippen LogP contribution in [0.4, 0.5) is 0 Å². The zero-order valence-corrected chi connectivity index (χ0v) is 21.6. The Labute approximate surface area is 209 Å². The summed E-state index contributed by atoms with van der Waals surface area (Å²) in [6, 6.07) is 20.1. The van der Waals surface area contributed by atoms with Gasteiger partial charge < -0.3 is 14.7 Å². The molecule has 3 aromatic rings. The molecule has 0 bridgehead atoms. The van der Waals surface area contributed by atoms with Gasteiger partial charge in [0.1, 0.15) is 0 Å². The molecule has 0 fully saturated rings. The van der Waals surface area contributed by atoms with E-state index in [1.54, 1.807) is 7.11 Å². The minimum atomic E-state index is -0.950. The average Bonchev–Trinajstić information content (AvgIpc) is 2.84. The first kappa shape index (κ1) is 26.2. The van der Waals surface area contributed by atoms with Crippen LogP contribution < -0.4 is 4.74 Å². The van der Waals surface area contributed by atoms with Gasteiger partial charge in [-0.15, -0.1) is 0 Å². The van der Waals surface area contributed by atoms with Crippen LogP contribution in [0.25, 0.3) is 11.1 Å². The number of nitrogens with zero attached hydrogens (tertiary/aromatic N) is 2. The molecule has 0 amide bonds. The average molecular weight is 481 g/mol.